The van der Waals surface area contributed by atoms with Crippen molar-refractivity contribution in [1.82, 2.24) is 0 Å². The zero-order valence-electron chi connectivity index (χ0n) is 16.4. The maximum Gasteiger partial charge on any atom is 0.355 e. The number of benzene rings is 2. The van der Waals surface area contributed by atoms with Gasteiger partial charge in [0.25, 0.3) is 0 Å². The second-order valence-electron chi connectivity index (χ2n) is 6.56. The Hall–Kier alpha value is -2.92. The minimum Gasteiger partial charge on any atom is -0.447 e. The second kappa shape index (κ2) is 10.0. The molecule has 0 aliphatic rings. The number of hydrogen-bond donors (Lipinski definition) is 0. The fourth-order valence-electron chi connectivity index (χ4n) is 2.68. The summed E-state index contributed by atoms with van der Waals surface area (Å²) < 4.78 is 10.2. The molecule has 0 N–H and O–H groups in total. The van der Waals surface area contributed by atoms with Crippen molar-refractivity contribution in [3.8, 4) is 0 Å². The maximum absolute atomic E-state index is 13.1. The lowest BCUT2D eigenvalue weighted by Gasteiger charge is -2.26. The highest BCUT2D eigenvalue weighted by atomic mass is 35.5. The van der Waals surface area contributed by atoms with Gasteiger partial charge in [-0.15, -0.1) is 0 Å². The molecule has 0 spiro atoms. The predicted octanol–water partition coefficient (Wildman–Crippen LogP) is 4.53. The normalized spacial score (nSPS) is 12.0. The van der Waals surface area contributed by atoms with Crippen LogP contribution in [-0.2, 0) is 28.7 Å². The van der Waals surface area contributed by atoms with E-state index >= 15 is 0 Å². The highest BCUT2D eigenvalue weighted by Crippen LogP contribution is 2.38. The Labute approximate surface area is 175 Å². The molecule has 0 amide bonds. The van der Waals surface area contributed by atoms with E-state index < -0.39 is 28.9 Å². The van der Waals surface area contributed by atoms with Crippen LogP contribution in [0.4, 0.5) is 0 Å². The maximum atomic E-state index is 13.1. The molecule has 0 radical (unpaired) electrons. The van der Waals surface area contributed by atoms with Crippen molar-refractivity contribution in [2.24, 2.45) is 0 Å². The van der Waals surface area contributed by atoms with Gasteiger partial charge in [-0.1, -0.05) is 92.2 Å². The van der Waals surface area contributed by atoms with E-state index in [-0.39, 0.29) is 12.0 Å². The zero-order valence-corrected chi connectivity index (χ0v) is 17.1. The second-order valence-corrected chi connectivity index (χ2v) is 7.13. The van der Waals surface area contributed by atoms with Crippen molar-refractivity contribution in [2.75, 3.05) is 0 Å². The molecular weight excluding hydrogens is 392 g/mol. The topological polar surface area (TPSA) is 69.7 Å². The van der Waals surface area contributed by atoms with Crippen LogP contribution in [0.25, 0.3) is 0 Å². The van der Waals surface area contributed by atoms with Gasteiger partial charge in [-0.05, 0) is 24.5 Å². The zero-order chi connectivity index (χ0) is 21.4. The molecule has 0 saturated heterocycles. The van der Waals surface area contributed by atoms with E-state index in [4.69, 9.17) is 21.1 Å². The molecule has 6 heteroatoms. The summed E-state index contributed by atoms with van der Waals surface area (Å²) in [6.45, 7) is 6.78. The molecule has 0 bridgehead atoms. The van der Waals surface area contributed by atoms with Crippen molar-refractivity contribution < 1.29 is 23.9 Å². The van der Waals surface area contributed by atoms with E-state index in [9.17, 15) is 14.4 Å². The smallest absolute Gasteiger partial charge is 0.355 e. The lowest BCUT2D eigenvalue weighted by Crippen LogP contribution is -2.38. The van der Waals surface area contributed by atoms with E-state index in [0.29, 0.717) is 17.5 Å². The van der Waals surface area contributed by atoms with Gasteiger partial charge in [-0.2, -0.15) is 0 Å². The summed E-state index contributed by atoms with van der Waals surface area (Å²) in [5, 5.41) is 0. The van der Waals surface area contributed by atoms with E-state index in [1.54, 1.807) is 60.7 Å². The highest BCUT2D eigenvalue weighted by Gasteiger charge is 2.44. The average Bonchev–Trinajstić information content (AvgIpc) is 2.73. The van der Waals surface area contributed by atoms with Crippen molar-refractivity contribution >= 4 is 29.5 Å². The van der Waals surface area contributed by atoms with Crippen LogP contribution in [-0.4, -0.2) is 24.0 Å². The standard InChI is InChI=1S/C23H23ClO5/c1-4-11-19(28-20(25)16(2)3)21(26)29-22(27)23(24,17-12-7-5-8-13-17)18-14-9-6-10-15-18/h5-10,12-15,19H,2,4,11H2,1,3H3. The van der Waals surface area contributed by atoms with E-state index in [1.165, 1.54) is 6.92 Å². The van der Waals surface area contributed by atoms with Crippen LogP contribution in [0.2, 0.25) is 0 Å². The fourth-order valence-corrected chi connectivity index (χ4v) is 2.97. The van der Waals surface area contributed by atoms with Crippen LogP contribution in [0.1, 0.15) is 37.8 Å². The first-order valence-electron chi connectivity index (χ1n) is 9.23. The first-order chi connectivity index (χ1) is 13.8. The Kier molecular flexibility index (Phi) is 7.74. The highest BCUT2D eigenvalue weighted by molar-refractivity contribution is 6.36. The van der Waals surface area contributed by atoms with Gasteiger partial charge in [0.15, 0.2) is 11.0 Å². The molecule has 0 fully saturated rings. The summed E-state index contributed by atoms with van der Waals surface area (Å²) in [5.41, 5.74) is 1.05. The Morgan fingerprint density at radius 2 is 1.48 bits per heavy atom. The van der Waals surface area contributed by atoms with Crippen molar-refractivity contribution in [1.29, 1.82) is 0 Å². The molecule has 2 rings (SSSR count). The molecule has 2 aromatic rings. The molecule has 0 aliphatic heterocycles. The third kappa shape index (κ3) is 5.33. The van der Waals surface area contributed by atoms with E-state index in [0.717, 1.165) is 0 Å². The number of hydrogen-bond acceptors (Lipinski definition) is 5. The SMILES string of the molecule is C=C(C)C(=O)OC(CCC)C(=O)OC(=O)C(Cl)(c1ccccc1)c1ccccc1. The molecule has 5 nitrogen and oxygen atoms in total. The summed E-state index contributed by atoms with van der Waals surface area (Å²) in [5.74, 6) is -2.66. The van der Waals surface area contributed by atoms with Crippen molar-refractivity contribution in [3.63, 3.8) is 0 Å². The summed E-state index contributed by atoms with van der Waals surface area (Å²) in [6, 6.07) is 17.2. The molecule has 0 heterocycles. The Morgan fingerprint density at radius 1 is 1.00 bits per heavy atom. The van der Waals surface area contributed by atoms with Crippen molar-refractivity contribution in [2.45, 2.75) is 37.7 Å². The van der Waals surface area contributed by atoms with E-state index in [1.807, 2.05) is 6.92 Å². The number of alkyl halides is 1. The van der Waals surface area contributed by atoms with Crippen LogP contribution >= 0.6 is 11.6 Å². The number of ether oxygens (including phenoxy) is 2. The molecule has 2 aromatic carbocycles. The first kappa shape index (κ1) is 22.4. The van der Waals surface area contributed by atoms with Gasteiger partial charge in [-0.3, -0.25) is 0 Å². The third-order valence-electron chi connectivity index (χ3n) is 4.23. The van der Waals surface area contributed by atoms with Crippen LogP contribution in [0.3, 0.4) is 0 Å². The van der Waals surface area contributed by atoms with Crippen LogP contribution in [0.5, 0.6) is 0 Å². The summed E-state index contributed by atoms with van der Waals surface area (Å²) >= 11 is 6.77. The van der Waals surface area contributed by atoms with Gasteiger partial charge < -0.3 is 9.47 Å². The summed E-state index contributed by atoms with van der Waals surface area (Å²) in [7, 11) is 0. The number of carbonyl (C=O) groups excluding carboxylic acids is 3. The number of halogens is 1. The van der Waals surface area contributed by atoms with Crippen LogP contribution in [0.15, 0.2) is 72.8 Å². The molecule has 152 valence electrons. The lowest BCUT2D eigenvalue weighted by atomic mass is 9.90. The van der Waals surface area contributed by atoms with Gasteiger partial charge in [0.1, 0.15) is 0 Å². The van der Waals surface area contributed by atoms with Gasteiger partial charge in [0.2, 0.25) is 0 Å². The molecule has 1 unspecified atom stereocenters. The monoisotopic (exact) mass is 414 g/mol. The van der Waals surface area contributed by atoms with Crippen LogP contribution in [0, 0.1) is 0 Å². The van der Waals surface area contributed by atoms with Crippen LogP contribution < -0.4 is 0 Å². The molecular formula is C23H23ClO5. The summed E-state index contributed by atoms with van der Waals surface area (Å²) in [6.07, 6.45) is -0.474. The Bertz CT molecular complexity index is 837. The van der Waals surface area contributed by atoms with E-state index in [2.05, 4.69) is 6.58 Å². The molecule has 0 saturated carbocycles. The first-order valence-corrected chi connectivity index (χ1v) is 9.61. The molecule has 1 atom stereocenters. The van der Waals surface area contributed by atoms with Gasteiger partial charge in [0.05, 0.1) is 0 Å². The van der Waals surface area contributed by atoms with Gasteiger partial charge in [0, 0.05) is 5.57 Å². The Morgan fingerprint density at radius 3 is 1.90 bits per heavy atom. The largest absolute Gasteiger partial charge is 0.447 e. The number of rotatable bonds is 8. The Balaban J connectivity index is 2.33. The van der Waals surface area contributed by atoms with Gasteiger partial charge >= 0.3 is 17.9 Å². The third-order valence-corrected chi connectivity index (χ3v) is 4.82. The quantitative estimate of drug-likeness (QED) is 0.275. The minimum atomic E-state index is -1.73. The molecule has 0 aromatic heterocycles. The summed E-state index contributed by atoms with van der Waals surface area (Å²) in [4.78, 5) is 35.8. The predicted molar refractivity (Wildman–Crippen MR) is 110 cm³/mol. The lowest BCUT2D eigenvalue weighted by molar-refractivity contribution is -0.174. The fraction of sp³-hybridized carbons (Fsp3) is 0.261. The molecule has 0 aliphatic carbocycles. The van der Waals surface area contributed by atoms with Crippen molar-refractivity contribution in [3.05, 3.63) is 83.9 Å². The molecule has 29 heavy (non-hydrogen) atoms. The van der Waals surface area contributed by atoms with Gasteiger partial charge in [-0.25, -0.2) is 14.4 Å². The number of carbonyl (C=O) groups is 3. The minimum absolute atomic E-state index is 0.144. The number of esters is 3. The average molecular weight is 415 g/mol.